The van der Waals surface area contributed by atoms with Gasteiger partial charge in [0.25, 0.3) is 0 Å². The van der Waals surface area contributed by atoms with Crippen LogP contribution in [-0.4, -0.2) is 43.3 Å². The van der Waals surface area contributed by atoms with E-state index in [2.05, 4.69) is 31.4 Å². The summed E-state index contributed by atoms with van der Waals surface area (Å²) in [4.78, 5) is 11.8. The average Bonchev–Trinajstić information content (AvgIpc) is 2.74. The van der Waals surface area contributed by atoms with Gasteiger partial charge in [-0.25, -0.2) is 4.79 Å². The van der Waals surface area contributed by atoms with E-state index in [1.807, 2.05) is 13.2 Å². The predicted molar refractivity (Wildman–Crippen MR) is 81.7 cm³/mol. The first kappa shape index (κ1) is 16.6. The Morgan fingerprint density at radius 2 is 2.16 bits per heavy atom. The number of ether oxygens (including phenoxy) is 1. The molecule has 0 bridgehead atoms. The van der Waals surface area contributed by atoms with E-state index >= 15 is 0 Å². The molecule has 5 heteroatoms. The molecule has 1 rings (SSSR count). The Kier molecular flexibility index (Phi) is 6.47. The smallest absolute Gasteiger partial charge is 0.315 e. The summed E-state index contributed by atoms with van der Waals surface area (Å²) in [6, 6.07) is 0.134. The van der Waals surface area contributed by atoms with E-state index in [1.165, 1.54) is 0 Å². The zero-order valence-electron chi connectivity index (χ0n) is 12.8. The standard InChI is InChI=1S/C14H28N2O2S/c1-10(9-19-5)16-13(17)15-8-11-6-7-18-12(11)14(2,3)4/h10-12H,6-9H2,1-5H3,(H2,15,16,17)/t10-,11-,12+/m1/s1. The Hall–Kier alpha value is -0.420. The van der Waals surface area contributed by atoms with Crippen molar-refractivity contribution in [1.29, 1.82) is 0 Å². The maximum Gasteiger partial charge on any atom is 0.315 e. The minimum atomic E-state index is -0.0684. The van der Waals surface area contributed by atoms with Crippen molar-refractivity contribution in [2.45, 2.75) is 46.3 Å². The molecule has 1 fully saturated rings. The molecular weight excluding hydrogens is 260 g/mol. The Balaban J connectivity index is 2.33. The van der Waals surface area contributed by atoms with E-state index < -0.39 is 0 Å². The van der Waals surface area contributed by atoms with Crippen LogP contribution in [0.5, 0.6) is 0 Å². The normalized spacial score (nSPS) is 25.1. The number of nitrogens with one attached hydrogen (secondary N) is 2. The van der Waals surface area contributed by atoms with E-state index in [9.17, 15) is 4.79 Å². The molecule has 0 spiro atoms. The molecule has 112 valence electrons. The van der Waals surface area contributed by atoms with Gasteiger partial charge in [-0.3, -0.25) is 0 Å². The predicted octanol–water partition coefficient (Wildman–Crippen LogP) is 2.49. The molecule has 0 aliphatic carbocycles. The van der Waals surface area contributed by atoms with Crippen molar-refractivity contribution in [3.63, 3.8) is 0 Å². The lowest BCUT2D eigenvalue weighted by atomic mass is 9.81. The lowest BCUT2D eigenvalue weighted by Crippen LogP contribution is -2.45. The van der Waals surface area contributed by atoms with Crippen LogP contribution in [0.3, 0.4) is 0 Å². The van der Waals surface area contributed by atoms with E-state index in [-0.39, 0.29) is 23.6 Å². The highest BCUT2D eigenvalue weighted by Crippen LogP contribution is 2.34. The number of hydrogen-bond donors (Lipinski definition) is 2. The molecule has 0 aromatic rings. The van der Waals surface area contributed by atoms with Crippen molar-refractivity contribution < 1.29 is 9.53 Å². The van der Waals surface area contributed by atoms with Crippen molar-refractivity contribution in [2.24, 2.45) is 11.3 Å². The van der Waals surface area contributed by atoms with Gasteiger partial charge in [0.2, 0.25) is 0 Å². The van der Waals surface area contributed by atoms with Gasteiger partial charge in [0.05, 0.1) is 6.10 Å². The van der Waals surface area contributed by atoms with E-state index in [0.717, 1.165) is 18.8 Å². The quantitative estimate of drug-likeness (QED) is 0.817. The Labute approximate surface area is 121 Å². The number of hydrogen-bond acceptors (Lipinski definition) is 3. The zero-order valence-corrected chi connectivity index (χ0v) is 13.6. The summed E-state index contributed by atoms with van der Waals surface area (Å²) in [5.41, 5.74) is 0.130. The molecule has 1 heterocycles. The third-order valence-corrected chi connectivity index (χ3v) is 4.22. The minimum Gasteiger partial charge on any atom is -0.377 e. The molecule has 2 N–H and O–H groups in total. The summed E-state index contributed by atoms with van der Waals surface area (Å²) in [6.45, 7) is 10.1. The van der Waals surface area contributed by atoms with Gasteiger partial charge in [-0.2, -0.15) is 11.8 Å². The topological polar surface area (TPSA) is 50.4 Å². The van der Waals surface area contributed by atoms with Crippen molar-refractivity contribution in [3.8, 4) is 0 Å². The van der Waals surface area contributed by atoms with Crippen LogP contribution in [-0.2, 0) is 4.74 Å². The van der Waals surface area contributed by atoms with E-state index in [1.54, 1.807) is 11.8 Å². The van der Waals surface area contributed by atoms with Gasteiger partial charge >= 0.3 is 6.03 Å². The van der Waals surface area contributed by atoms with Crippen molar-refractivity contribution >= 4 is 17.8 Å². The van der Waals surface area contributed by atoms with E-state index in [0.29, 0.717) is 12.5 Å². The molecule has 1 saturated heterocycles. The summed E-state index contributed by atoms with van der Waals surface area (Å²) < 4.78 is 5.81. The SMILES string of the molecule is CSC[C@@H](C)NC(=O)NC[C@H]1CCO[C@@H]1C(C)(C)C. The van der Waals surface area contributed by atoms with Gasteiger partial charge in [-0.05, 0) is 25.0 Å². The first-order valence-corrected chi connectivity index (χ1v) is 8.39. The molecule has 2 amide bonds. The molecular formula is C14H28N2O2S. The Morgan fingerprint density at radius 3 is 2.74 bits per heavy atom. The number of urea groups is 1. The minimum absolute atomic E-state index is 0.0684. The molecule has 3 atom stereocenters. The summed E-state index contributed by atoms with van der Waals surface area (Å²) in [6.07, 6.45) is 3.30. The zero-order chi connectivity index (χ0) is 14.5. The summed E-state index contributed by atoms with van der Waals surface area (Å²) in [5, 5.41) is 5.92. The van der Waals surface area contributed by atoms with E-state index in [4.69, 9.17) is 4.74 Å². The highest BCUT2D eigenvalue weighted by molar-refractivity contribution is 7.98. The van der Waals surface area contributed by atoms with Gasteiger partial charge in [0.15, 0.2) is 0 Å². The van der Waals surface area contributed by atoms with Crippen LogP contribution < -0.4 is 10.6 Å². The molecule has 0 radical (unpaired) electrons. The second-order valence-corrected chi connectivity index (χ2v) is 7.33. The molecule has 4 nitrogen and oxygen atoms in total. The number of thioether (sulfide) groups is 1. The third kappa shape index (κ3) is 5.61. The number of carbonyl (C=O) groups is 1. The second kappa shape index (κ2) is 7.39. The van der Waals surface area contributed by atoms with Crippen LogP contribution in [0, 0.1) is 11.3 Å². The van der Waals surface area contributed by atoms with Crippen molar-refractivity contribution in [3.05, 3.63) is 0 Å². The largest absolute Gasteiger partial charge is 0.377 e. The lowest BCUT2D eigenvalue weighted by Gasteiger charge is -2.31. The maximum atomic E-state index is 11.8. The monoisotopic (exact) mass is 288 g/mol. The second-order valence-electron chi connectivity index (χ2n) is 6.42. The van der Waals surface area contributed by atoms with Crippen LogP contribution in [0.15, 0.2) is 0 Å². The Morgan fingerprint density at radius 1 is 1.47 bits per heavy atom. The molecule has 0 saturated carbocycles. The molecule has 1 aliphatic rings. The van der Waals surface area contributed by atoms with Crippen LogP contribution in [0.1, 0.15) is 34.1 Å². The van der Waals surface area contributed by atoms with Gasteiger partial charge in [-0.1, -0.05) is 20.8 Å². The summed E-state index contributed by atoms with van der Waals surface area (Å²) >= 11 is 1.74. The fourth-order valence-electron chi connectivity index (χ4n) is 2.59. The first-order chi connectivity index (χ1) is 8.84. The Bertz CT molecular complexity index is 292. The molecule has 1 aliphatic heterocycles. The first-order valence-electron chi connectivity index (χ1n) is 6.99. The van der Waals surface area contributed by atoms with Crippen LogP contribution in [0.2, 0.25) is 0 Å². The molecule has 0 aromatic heterocycles. The van der Waals surface area contributed by atoms with Gasteiger partial charge in [0.1, 0.15) is 0 Å². The number of carbonyl (C=O) groups excluding carboxylic acids is 1. The average molecular weight is 288 g/mol. The number of amides is 2. The van der Waals surface area contributed by atoms with Gasteiger partial charge in [0, 0.05) is 30.9 Å². The maximum absolute atomic E-state index is 11.8. The summed E-state index contributed by atoms with van der Waals surface area (Å²) in [7, 11) is 0. The molecule has 0 aromatic carbocycles. The van der Waals surface area contributed by atoms with Crippen LogP contribution >= 0.6 is 11.8 Å². The third-order valence-electron chi connectivity index (χ3n) is 3.39. The van der Waals surface area contributed by atoms with Gasteiger partial charge in [-0.15, -0.1) is 0 Å². The molecule has 19 heavy (non-hydrogen) atoms. The lowest BCUT2D eigenvalue weighted by molar-refractivity contribution is 0.00774. The fourth-order valence-corrected chi connectivity index (χ4v) is 3.17. The number of rotatable bonds is 5. The fraction of sp³-hybridized carbons (Fsp3) is 0.929. The van der Waals surface area contributed by atoms with Crippen LogP contribution in [0.25, 0.3) is 0 Å². The highest BCUT2D eigenvalue weighted by Gasteiger charge is 2.37. The van der Waals surface area contributed by atoms with Gasteiger partial charge < -0.3 is 15.4 Å². The van der Waals surface area contributed by atoms with Crippen molar-refractivity contribution in [1.82, 2.24) is 10.6 Å². The van der Waals surface area contributed by atoms with Crippen LogP contribution in [0.4, 0.5) is 4.79 Å². The molecule has 0 unspecified atom stereocenters. The summed E-state index contributed by atoms with van der Waals surface area (Å²) in [5.74, 6) is 1.35. The highest BCUT2D eigenvalue weighted by atomic mass is 32.2. The van der Waals surface area contributed by atoms with Crippen molar-refractivity contribution in [2.75, 3.05) is 25.2 Å².